The van der Waals surface area contributed by atoms with Crippen molar-refractivity contribution in [2.24, 2.45) is 11.7 Å². The van der Waals surface area contributed by atoms with E-state index in [1.807, 2.05) is 0 Å². The first-order chi connectivity index (χ1) is 9.31. The van der Waals surface area contributed by atoms with Gasteiger partial charge in [-0.15, -0.1) is 0 Å². The van der Waals surface area contributed by atoms with E-state index in [2.05, 4.69) is 29.2 Å². The van der Waals surface area contributed by atoms with E-state index in [1.165, 1.54) is 43.5 Å². The minimum Gasteiger partial charge on any atom is -0.380 e. The van der Waals surface area contributed by atoms with Crippen LogP contribution < -0.4 is 5.73 Å². The number of rotatable bonds is 6. The van der Waals surface area contributed by atoms with Crippen molar-refractivity contribution in [2.75, 3.05) is 26.7 Å². The Morgan fingerprint density at radius 3 is 2.37 bits per heavy atom. The molecule has 1 aromatic carbocycles. The van der Waals surface area contributed by atoms with Gasteiger partial charge < -0.3 is 10.5 Å². The predicted molar refractivity (Wildman–Crippen MR) is 78.8 cm³/mol. The Morgan fingerprint density at radius 2 is 1.79 bits per heavy atom. The van der Waals surface area contributed by atoms with Gasteiger partial charge in [0.2, 0.25) is 0 Å². The van der Waals surface area contributed by atoms with Crippen molar-refractivity contribution in [3.05, 3.63) is 35.4 Å². The lowest BCUT2D eigenvalue weighted by atomic mass is 9.93. The van der Waals surface area contributed by atoms with E-state index in [-0.39, 0.29) is 0 Å². The molecule has 2 N–H and O–H groups in total. The number of likely N-dealkylation sites (tertiary alicyclic amines) is 1. The molecule has 1 heterocycles. The minimum absolute atomic E-state index is 0.699. The largest absolute Gasteiger partial charge is 0.380 e. The molecule has 0 radical (unpaired) electrons. The second kappa shape index (κ2) is 7.63. The predicted octanol–water partition coefficient (Wildman–Crippen LogP) is 2.39. The molecule has 0 bridgehead atoms. The third kappa shape index (κ3) is 4.60. The summed E-state index contributed by atoms with van der Waals surface area (Å²) in [5, 5.41) is 0. The van der Waals surface area contributed by atoms with E-state index in [0.717, 1.165) is 19.0 Å². The molecule has 1 saturated heterocycles. The van der Waals surface area contributed by atoms with Crippen molar-refractivity contribution in [2.45, 2.75) is 32.4 Å². The van der Waals surface area contributed by atoms with Crippen molar-refractivity contribution < 1.29 is 4.74 Å². The average molecular weight is 262 g/mol. The fourth-order valence-corrected chi connectivity index (χ4v) is 2.83. The van der Waals surface area contributed by atoms with E-state index in [4.69, 9.17) is 10.5 Å². The number of benzene rings is 1. The Morgan fingerprint density at radius 1 is 1.16 bits per heavy atom. The maximum absolute atomic E-state index is 5.63. The van der Waals surface area contributed by atoms with E-state index < -0.39 is 0 Å². The lowest BCUT2D eigenvalue weighted by Gasteiger charge is -2.31. The van der Waals surface area contributed by atoms with E-state index in [1.54, 1.807) is 7.11 Å². The second-order valence-corrected chi connectivity index (χ2v) is 5.55. The van der Waals surface area contributed by atoms with Crippen molar-refractivity contribution in [3.63, 3.8) is 0 Å². The fourth-order valence-electron chi connectivity index (χ4n) is 2.83. The average Bonchev–Trinajstić information content (AvgIpc) is 2.44. The van der Waals surface area contributed by atoms with Gasteiger partial charge in [0, 0.05) is 13.7 Å². The van der Waals surface area contributed by atoms with Crippen LogP contribution in [-0.2, 0) is 17.9 Å². The summed E-state index contributed by atoms with van der Waals surface area (Å²) in [5.41, 5.74) is 8.28. The topological polar surface area (TPSA) is 38.5 Å². The number of piperidine rings is 1. The quantitative estimate of drug-likeness (QED) is 0.855. The summed E-state index contributed by atoms with van der Waals surface area (Å²) in [7, 11) is 1.74. The molecule has 0 spiro atoms. The van der Waals surface area contributed by atoms with Gasteiger partial charge in [0.15, 0.2) is 0 Å². The van der Waals surface area contributed by atoms with Crippen LogP contribution in [0, 0.1) is 5.92 Å². The van der Waals surface area contributed by atoms with E-state index in [0.29, 0.717) is 6.61 Å². The molecule has 1 aliphatic rings. The fraction of sp³-hybridized carbons (Fsp3) is 0.625. The number of hydrogen-bond acceptors (Lipinski definition) is 3. The van der Waals surface area contributed by atoms with Gasteiger partial charge in [0.1, 0.15) is 0 Å². The van der Waals surface area contributed by atoms with Gasteiger partial charge in [-0.2, -0.15) is 0 Å². The van der Waals surface area contributed by atoms with Crippen LogP contribution in [0.4, 0.5) is 0 Å². The number of ether oxygens (including phenoxy) is 1. The third-order valence-electron chi connectivity index (χ3n) is 4.02. The highest BCUT2D eigenvalue weighted by Crippen LogP contribution is 2.21. The number of hydrogen-bond donors (Lipinski definition) is 1. The van der Waals surface area contributed by atoms with Crippen LogP contribution >= 0.6 is 0 Å². The Hall–Kier alpha value is -0.900. The van der Waals surface area contributed by atoms with E-state index >= 15 is 0 Å². The van der Waals surface area contributed by atoms with Crippen LogP contribution in [-0.4, -0.2) is 31.6 Å². The molecule has 0 amide bonds. The molecule has 0 unspecified atom stereocenters. The van der Waals surface area contributed by atoms with Crippen molar-refractivity contribution in [3.8, 4) is 0 Å². The van der Waals surface area contributed by atoms with Gasteiger partial charge in [0.25, 0.3) is 0 Å². The molecule has 0 atom stereocenters. The summed E-state index contributed by atoms with van der Waals surface area (Å²) < 4.78 is 5.13. The summed E-state index contributed by atoms with van der Waals surface area (Å²) in [4.78, 5) is 2.55. The summed E-state index contributed by atoms with van der Waals surface area (Å²) in [6.45, 7) is 5.04. The first-order valence-corrected chi connectivity index (χ1v) is 7.31. The van der Waals surface area contributed by atoms with Crippen LogP contribution in [0.2, 0.25) is 0 Å². The van der Waals surface area contributed by atoms with Crippen molar-refractivity contribution in [1.82, 2.24) is 4.90 Å². The smallest absolute Gasteiger partial charge is 0.0713 e. The maximum atomic E-state index is 5.63. The number of nitrogens with zero attached hydrogens (tertiary/aromatic N) is 1. The highest BCUT2D eigenvalue weighted by Gasteiger charge is 2.18. The molecular weight excluding hydrogens is 236 g/mol. The first kappa shape index (κ1) is 14.5. The summed E-state index contributed by atoms with van der Waals surface area (Å²) in [6, 6.07) is 8.78. The zero-order chi connectivity index (χ0) is 13.5. The van der Waals surface area contributed by atoms with Gasteiger partial charge in [-0.3, -0.25) is 4.90 Å². The molecule has 0 saturated carbocycles. The molecule has 1 fully saturated rings. The summed E-state index contributed by atoms with van der Waals surface area (Å²) >= 11 is 0. The molecule has 0 aliphatic carbocycles. The van der Waals surface area contributed by atoms with Gasteiger partial charge in [-0.25, -0.2) is 0 Å². The molecule has 2 rings (SSSR count). The maximum Gasteiger partial charge on any atom is 0.0713 e. The Balaban J connectivity index is 1.78. The molecule has 3 heteroatoms. The van der Waals surface area contributed by atoms with Crippen LogP contribution in [0.25, 0.3) is 0 Å². The highest BCUT2D eigenvalue weighted by atomic mass is 16.5. The molecule has 1 aliphatic heterocycles. The standard InChI is InChI=1S/C16H26N2O/c1-19-13-16-4-2-15(3-5-16)12-18-10-7-14(6-9-17)8-11-18/h2-5,14H,6-13,17H2,1H3. The number of methoxy groups -OCH3 is 1. The van der Waals surface area contributed by atoms with Crippen molar-refractivity contribution >= 4 is 0 Å². The molecule has 1 aromatic rings. The molecule has 0 aromatic heterocycles. The zero-order valence-corrected chi connectivity index (χ0v) is 12.0. The lowest BCUT2D eigenvalue weighted by molar-refractivity contribution is 0.173. The minimum atomic E-state index is 0.699. The second-order valence-electron chi connectivity index (χ2n) is 5.55. The van der Waals surface area contributed by atoms with Crippen LogP contribution in [0.3, 0.4) is 0 Å². The first-order valence-electron chi connectivity index (χ1n) is 7.31. The molecule has 3 nitrogen and oxygen atoms in total. The van der Waals surface area contributed by atoms with Gasteiger partial charge in [-0.05, 0) is 55.9 Å². The monoisotopic (exact) mass is 262 g/mol. The molecule has 19 heavy (non-hydrogen) atoms. The van der Waals surface area contributed by atoms with Gasteiger partial charge in [-0.1, -0.05) is 24.3 Å². The van der Waals surface area contributed by atoms with Crippen LogP contribution in [0.5, 0.6) is 0 Å². The molecule has 106 valence electrons. The number of nitrogens with two attached hydrogens (primary N) is 1. The Labute approximate surface area is 116 Å². The van der Waals surface area contributed by atoms with Crippen LogP contribution in [0.15, 0.2) is 24.3 Å². The van der Waals surface area contributed by atoms with Crippen molar-refractivity contribution in [1.29, 1.82) is 0 Å². The Bertz CT molecular complexity index is 356. The van der Waals surface area contributed by atoms with Crippen LogP contribution in [0.1, 0.15) is 30.4 Å². The lowest BCUT2D eigenvalue weighted by Crippen LogP contribution is -2.33. The molecular formula is C16H26N2O. The zero-order valence-electron chi connectivity index (χ0n) is 12.0. The SMILES string of the molecule is COCc1ccc(CN2CCC(CCN)CC2)cc1. The van der Waals surface area contributed by atoms with E-state index in [9.17, 15) is 0 Å². The summed E-state index contributed by atoms with van der Waals surface area (Å²) in [6.07, 6.45) is 3.80. The Kier molecular flexibility index (Phi) is 5.83. The highest BCUT2D eigenvalue weighted by molar-refractivity contribution is 5.22. The third-order valence-corrected chi connectivity index (χ3v) is 4.02. The van der Waals surface area contributed by atoms with Gasteiger partial charge >= 0.3 is 0 Å². The van der Waals surface area contributed by atoms with Gasteiger partial charge in [0.05, 0.1) is 6.61 Å². The summed E-state index contributed by atoms with van der Waals surface area (Å²) in [5.74, 6) is 0.852. The normalized spacial score (nSPS) is 17.8.